The zero-order chi connectivity index (χ0) is 24.9. The Morgan fingerprint density at radius 2 is 1.91 bits per heavy atom. The van der Waals surface area contributed by atoms with Crippen LogP contribution in [0.3, 0.4) is 0 Å². The van der Waals surface area contributed by atoms with Crippen molar-refractivity contribution in [2.24, 2.45) is 9.69 Å². The van der Waals surface area contributed by atoms with Gasteiger partial charge in [-0.05, 0) is 49.9 Å². The number of sulfonamides is 1. The number of hydrogen-bond donors (Lipinski definition) is 4. The van der Waals surface area contributed by atoms with Gasteiger partial charge in [0, 0.05) is 28.6 Å². The molecular weight excluding hydrogens is 511 g/mol. The van der Waals surface area contributed by atoms with Gasteiger partial charge >= 0.3 is 8.80 Å². The summed E-state index contributed by atoms with van der Waals surface area (Å²) >= 11 is 4.34. The lowest BCUT2D eigenvalue weighted by Crippen LogP contribution is -2.20. The normalized spacial score (nSPS) is 16.4. The van der Waals surface area contributed by atoms with Crippen LogP contribution in [-0.2, 0) is 19.8 Å². The average Bonchev–Trinajstić information content (AvgIpc) is 3.58. The minimum absolute atomic E-state index is 0.0543. The molecule has 1 aliphatic carbocycles. The molecule has 9 nitrogen and oxygen atoms in total. The molecule has 1 aliphatic rings. The number of rotatable bonds is 12. The number of thiol groups is 1. The summed E-state index contributed by atoms with van der Waals surface area (Å²) in [7, 11) is -7.58. The van der Waals surface area contributed by atoms with Crippen molar-refractivity contribution in [1.82, 2.24) is 9.97 Å². The van der Waals surface area contributed by atoms with Crippen molar-refractivity contribution in [3.8, 4) is 0 Å². The predicted octanol–water partition coefficient (Wildman–Crippen LogP) is 3.62. The highest BCUT2D eigenvalue weighted by Gasteiger charge is 2.30. The highest BCUT2D eigenvalue weighted by Crippen LogP contribution is 2.34. The SMILES string of the molecule is C[C@H](CO)Nc1nc(Nc2ccc(S(=O)(CC3CC3)=NS(=O)(=O)CC[Si+](C)C)cc2)ncc1S. The molecule has 1 fully saturated rings. The molecule has 3 rings (SSSR count). The molecule has 0 spiro atoms. The van der Waals surface area contributed by atoms with E-state index < -0.39 is 28.5 Å². The molecule has 0 aliphatic heterocycles. The molecule has 1 aromatic heterocycles. The Bertz CT molecular complexity index is 1210. The molecule has 1 aromatic carbocycles. The number of benzene rings is 1. The van der Waals surface area contributed by atoms with E-state index in [-0.39, 0.29) is 30.1 Å². The van der Waals surface area contributed by atoms with Gasteiger partial charge in [0.15, 0.2) is 0 Å². The maximum absolute atomic E-state index is 13.8. The largest absolute Gasteiger partial charge is 0.394 e. The fraction of sp³-hybridized carbons (Fsp3) is 0.524. The van der Waals surface area contributed by atoms with E-state index in [1.54, 1.807) is 30.5 Å². The fourth-order valence-corrected chi connectivity index (χ4v) is 9.95. The molecule has 0 amide bonds. The van der Waals surface area contributed by atoms with Crippen LogP contribution in [0.1, 0.15) is 19.8 Å². The van der Waals surface area contributed by atoms with Crippen LogP contribution in [0.25, 0.3) is 0 Å². The Hall–Kier alpha value is -1.67. The Morgan fingerprint density at radius 1 is 1.24 bits per heavy atom. The number of aliphatic hydroxyl groups is 1. The molecule has 3 N–H and O–H groups in total. The summed E-state index contributed by atoms with van der Waals surface area (Å²) in [6.07, 6.45) is 3.45. The molecule has 1 heterocycles. The lowest BCUT2D eigenvalue weighted by Gasteiger charge is -2.14. The summed E-state index contributed by atoms with van der Waals surface area (Å²) in [6, 6.07) is 7.11. The zero-order valence-corrected chi connectivity index (χ0v) is 23.1. The fourth-order valence-electron chi connectivity index (χ4n) is 3.03. The number of aromatic nitrogens is 2. The molecule has 13 heteroatoms. The second-order valence-electron chi connectivity index (χ2n) is 8.87. The van der Waals surface area contributed by atoms with E-state index in [4.69, 9.17) is 0 Å². The lowest BCUT2D eigenvalue weighted by atomic mass is 10.3. The predicted molar refractivity (Wildman–Crippen MR) is 142 cm³/mol. The van der Waals surface area contributed by atoms with E-state index in [0.29, 0.717) is 33.3 Å². The van der Waals surface area contributed by atoms with Crippen LogP contribution in [0.15, 0.2) is 44.0 Å². The van der Waals surface area contributed by atoms with Gasteiger partial charge in [0.05, 0.1) is 46.1 Å². The maximum Gasteiger partial charge on any atom is 0.308 e. The summed E-state index contributed by atoms with van der Waals surface area (Å²) in [5.74, 6) is 1.26. The van der Waals surface area contributed by atoms with Crippen molar-refractivity contribution in [2.75, 3.05) is 28.7 Å². The number of nitrogens with zero attached hydrogens (tertiary/aromatic N) is 3. The van der Waals surface area contributed by atoms with E-state index in [1.165, 1.54) is 0 Å². The first kappa shape index (κ1) is 26.9. The summed E-state index contributed by atoms with van der Waals surface area (Å²) in [5, 5.41) is 15.4. The van der Waals surface area contributed by atoms with E-state index in [1.807, 2.05) is 20.0 Å². The van der Waals surface area contributed by atoms with Crippen LogP contribution in [0.2, 0.25) is 19.1 Å². The third-order valence-electron chi connectivity index (χ3n) is 5.16. The minimum atomic E-state index is -3.77. The van der Waals surface area contributed by atoms with Gasteiger partial charge in [0.25, 0.3) is 10.0 Å². The summed E-state index contributed by atoms with van der Waals surface area (Å²) in [6.45, 7) is 5.86. The van der Waals surface area contributed by atoms with Crippen LogP contribution in [-0.4, -0.2) is 60.7 Å². The Labute approximate surface area is 209 Å². The third kappa shape index (κ3) is 7.94. The van der Waals surface area contributed by atoms with Crippen molar-refractivity contribution in [3.05, 3.63) is 30.5 Å². The average molecular weight is 543 g/mol. The highest BCUT2D eigenvalue weighted by atomic mass is 32.3. The number of hydrogen-bond acceptors (Lipinski definition) is 9. The first-order valence-corrected chi connectivity index (χ1v) is 17.5. The second kappa shape index (κ2) is 11.4. The number of aliphatic hydroxyl groups excluding tert-OH is 1. The van der Waals surface area contributed by atoms with E-state index >= 15 is 0 Å². The van der Waals surface area contributed by atoms with Crippen molar-refractivity contribution < 1.29 is 17.7 Å². The van der Waals surface area contributed by atoms with E-state index in [0.717, 1.165) is 12.8 Å². The molecular formula is C21H32N5O4S3Si+. The third-order valence-corrected chi connectivity index (χ3v) is 11.6. The van der Waals surface area contributed by atoms with Crippen LogP contribution < -0.4 is 10.6 Å². The molecule has 186 valence electrons. The van der Waals surface area contributed by atoms with Gasteiger partial charge in [-0.1, -0.05) is 0 Å². The monoisotopic (exact) mass is 542 g/mol. The first-order valence-electron chi connectivity index (χ1n) is 11.1. The van der Waals surface area contributed by atoms with Gasteiger partial charge in [-0.15, -0.1) is 16.4 Å². The Balaban J connectivity index is 1.83. The molecule has 2 aromatic rings. The van der Waals surface area contributed by atoms with Crippen molar-refractivity contribution in [1.29, 1.82) is 0 Å². The summed E-state index contributed by atoms with van der Waals surface area (Å²) in [5.41, 5.74) is 0.650. The van der Waals surface area contributed by atoms with Crippen molar-refractivity contribution in [3.63, 3.8) is 0 Å². The zero-order valence-electron chi connectivity index (χ0n) is 19.6. The lowest BCUT2D eigenvalue weighted by molar-refractivity contribution is 0.281. The molecule has 0 bridgehead atoms. The molecule has 0 radical (unpaired) electrons. The van der Waals surface area contributed by atoms with Gasteiger partial charge in [0.2, 0.25) is 5.95 Å². The van der Waals surface area contributed by atoms with Crippen LogP contribution in [0, 0.1) is 5.92 Å². The Morgan fingerprint density at radius 3 is 2.50 bits per heavy atom. The number of nitrogens with one attached hydrogen (secondary N) is 2. The van der Waals surface area contributed by atoms with Gasteiger partial charge in [-0.2, -0.15) is 4.98 Å². The minimum Gasteiger partial charge on any atom is -0.394 e. The van der Waals surface area contributed by atoms with Crippen molar-refractivity contribution in [2.45, 2.75) is 54.7 Å². The molecule has 2 atom stereocenters. The molecule has 0 saturated heterocycles. The number of anilines is 3. The highest BCUT2D eigenvalue weighted by molar-refractivity contribution is 8.03. The van der Waals surface area contributed by atoms with Crippen molar-refractivity contribution >= 4 is 58.6 Å². The van der Waals surface area contributed by atoms with E-state index in [9.17, 15) is 17.7 Å². The van der Waals surface area contributed by atoms with Gasteiger partial charge in [0.1, 0.15) is 5.82 Å². The molecule has 34 heavy (non-hydrogen) atoms. The first-order chi connectivity index (χ1) is 16.0. The summed E-state index contributed by atoms with van der Waals surface area (Å²) < 4.78 is 42.9. The Kier molecular flexibility index (Phi) is 9.01. The summed E-state index contributed by atoms with van der Waals surface area (Å²) in [4.78, 5) is 9.56. The molecule has 1 saturated carbocycles. The van der Waals surface area contributed by atoms with Gasteiger partial charge in [-0.3, -0.25) is 0 Å². The van der Waals surface area contributed by atoms with Crippen LogP contribution >= 0.6 is 12.6 Å². The quantitative estimate of drug-likeness (QED) is 0.236. The standard InChI is InChI=1S/C21H31N5O4S3Si/c1-15(13-27)23-20-19(31)12-22-21(25-20)24-17-6-8-18(9-7-17)32(28,14-16-4-5-16)26-33(29,30)10-11-34(2)3/h6-9,12,15-16,27H,4-5,10-11,13-14H2,1-3H3,(H2-,22,23,24,25,26,28,31)/p+1/t15-,32?/m1/s1. The topological polar surface area (TPSA) is 134 Å². The van der Waals surface area contributed by atoms with E-state index in [2.05, 4.69) is 37.0 Å². The van der Waals surface area contributed by atoms with Crippen LogP contribution in [0.4, 0.5) is 17.5 Å². The molecule has 1 unspecified atom stereocenters. The van der Waals surface area contributed by atoms with Crippen LogP contribution in [0.5, 0.6) is 0 Å². The second-order valence-corrected chi connectivity index (χ2v) is 16.5. The smallest absolute Gasteiger partial charge is 0.308 e. The van der Waals surface area contributed by atoms with Gasteiger partial charge in [-0.25, -0.2) is 17.6 Å². The maximum atomic E-state index is 13.8. The van der Waals surface area contributed by atoms with Gasteiger partial charge < -0.3 is 15.7 Å².